The maximum atomic E-state index is 14.4. The summed E-state index contributed by atoms with van der Waals surface area (Å²) in [6, 6.07) is 16.7. The van der Waals surface area contributed by atoms with Gasteiger partial charge in [0.25, 0.3) is 5.89 Å². The fourth-order valence-electron chi connectivity index (χ4n) is 3.34. The van der Waals surface area contributed by atoms with Gasteiger partial charge in [-0.05, 0) is 50.6 Å². The number of hydrogen-bond donors (Lipinski definition) is 2. The molecule has 2 aromatic heterocycles. The highest BCUT2D eigenvalue weighted by molar-refractivity contribution is 6.52. The number of nitrogens with one attached hydrogen (secondary N) is 1. The van der Waals surface area contributed by atoms with E-state index in [1.165, 1.54) is 12.1 Å². The van der Waals surface area contributed by atoms with E-state index in [4.69, 9.17) is 15.1 Å². The molecule has 11 heteroatoms. The fourth-order valence-corrected chi connectivity index (χ4v) is 3.34. The summed E-state index contributed by atoms with van der Waals surface area (Å²) in [5, 5.41) is 10.6. The van der Waals surface area contributed by atoms with Crippen LogP contribution >= 0.6 is 0 Å². The number of hydrazone groups is 1. The van der Waals surface area contributed by atoms with Gasteiger partial charge in [-0.25, -0.2) is 14.2 Å². The SMILES string of the molecule is CC(C)(C)OC(=O)NCc1ccc(-c2noc(C(=NN)C(=Nc3ccccc3F)c3ccncc3)n2)cc1. The first-order valence-corrected chi connectivity index (χ1v) is 11.7. The molecule has 2 aromatic carbocycles. The average molecular weight is 516 g/mol. The molecule has 0 spiro atoms. The van der Waals surface area contributed by atoms with E-state index in [2.05, 4.69) is 30.5 Å². The van der Waals surface area contributed by atoms with E-state index >= 15 is 0 Å². The molecule has 2 heterocycles. The number of alkyl carbamates (subject to hydrolysis) is 1. The number of hydrogen-bond acceptors (Lipinski definition) is 9. The number of pyridine rings is 1. The van der Waals surface area contributed by atoms with Crippen molar-refractivity contribution in [2.75, 3.05) is 0 Å². The summed E-state index contributed by atoms with van der Waals surface area (Å²) in [5.74, 6) is 5.50. The van der Waals surface area contributed by atoms with Gasteiger partial charge in [0.15, 0.2) is 5.71 Å². The van der Waals surface area contributed by atoms with Gasteiger partial charge in [-0.3, -0.25) is 4.98 Å². The molecular weight excluding hydrogens is 489 g/mol. The topological polar surface area (TPSA) is 141 Å². The number of nitrogens with zero attached hydrogens (tertiary/aromatic N) is 5. The van der Waals surface area contributed by atoms with Crippen molar-refractivity contribution < 1.29 is 18.4 Å². The second kappa shape index (κ2) is 11.4. The van der Waals surface area contributed by atoms with Crippen LogP contribution in [-0.4, -0.2) is 38.2 Å². The highest BCUT2D eigenvalue weighted by Crippen LogP contribution is 2.22. The van der Waals surface area contributed by atoms with Crippen molar-refractivity contribution in [3.63, 3.8) is 0 Å². The van der Waals surface area contributed by atoms with Crippen LogP contribution in [0.2, 0.25) is 0 Å². The standard InChI is InChI=1S/C27H26FN7O3/c1-27(2,3)37-26(36)31-16-17-8-10-19(11-9-17)24-33-25(38-35-24)23(34-29)22(18-12-14-30-15-13-18)32-21-7-5-4-6-20(21)28/h4-15H,16,29H2,1-3H3,(H,31,36). The predicted octanol–water partition coefficient (Wildman–Crippen LogP) is 4.78. The van der Waals surface area contributed by atoms with Gasteiger partial charge in [-0.1, -0.05) is 41.6 Å². The molecule has 0 unspecified atom stereocenters. The lowest BCUT2D eigenvalue weighted by atomic mass is 10.1. The van der Waals surface area contributed by atoms with Gasteiger partial charge in [0.1, 0.15) is 17.1 Å². The maximum Gasteiger partial charge on any atom is 0.407 e. The molecule has 3 N–H and O–H groups in total. The molecule has 0 saturated carbocycles. The Morgan fingerprint density at radius 3 is 2.42 bits per heavy atom. The molecule has 0 fully saturated rings. The van der Waals surface area contributed by atoms with Crippen LogP contribution < -0.4 is 11.2 Å². The Balaban J connectivity index is 1.57. The number of amides is 1. The van der Waals surface area contributed by atoms with Crippen LogP contribution in [0.4, 0.5) is 14.9 Å². The van der Waals surface area contributed by atoms with Gasteiger partial charge >= 0.3 is 6.09 Å². The summed E-state index contributed by atoms with van der Waals surface area (Å²) < 4.78 is 25.1. The second-order valence-corrected chi connectivity index (χ2v) is 9.10. The Hall–Kier alpha value is -4.93. The van der Waals surface area contributed by atoms with Gasteiger partial charge in [-0.15, -0.1) is 0 Å². The first-order valence-electron chi connectivity index (χ1n) is 11.7. The zero-order chi connectivity index (χ0) is 27.1. The van der Waals surface area contributed by atoms with E-state index < -0.39 is 17.5 Å². The molecule has 0 aliphatic carbocycles. The second-order valence-electron chi connectivity index (χ2n) is 9.10. The summed E-state index contributed by atoms with van der Waals surface area (Å²) in [5.41, 5.74) is 1.92. The van der Waals surface area contributed by atoms with Crippen molar-refractivity contribution in [2.24, 2.45) is 15.9 Å². The Morgan fingerprint density at radius 1 is 1.05 bits per heavy atom. The lowest BCUT2D eigenvalue weighted by Gasteiger charge is -2.19. The number of rotatable bonds is 7. The van der Waals surface area contributed by atoms with E-state index in [-0.39, 0.29) is 28.8 Å². The number of aromatic nitrogens is 3. The Bertz CT molecular complexity index is 1460. The van der Waals surface area contributed by atoms with Crippen LogP contribution in [0.5, 0.6) is 0 Å². The lowest BCUT2D eigenvalue weighted by molar-refractivity contribution is 0.0523. The average Bonchev–Trinajstić information content (AvgIpc) is 3.38. The van der Waals surface area contributed by atoms with Crippen LogP contribution in [0.15, 0.2) is 87.7 Å². The largest absolute Gasteiger partial charge is 0.444 e. The first-order chi connectivity index (χ1) is 18.2. The molecule has 4 rings (SSSR count). The zero-order valence-corrected chi connectivity index (χ0v) is 21.1. The number of carbonyl (C=O) groups is 1. The van der Waals surface area contributed by atoms with Crippen molar-refractivity contribution in [1.82, 2.24) is 20.4 Å². The minimum Gasteiger partial charge on any atom is -0.444 e. The molecule has 0 atom stereocenters. The number of benzene rings is 2. The molecule has 0 saturated heterocycles. The summed E-state index contributed by atoms with van der Waals surface area (Å²) >= 11 is 0. The summed E-state index contributed by atoms with van der Waals surface area (Å²) in [7, 11) is 0. The molecule has 38 heavy (non-hydrogen) atoms. The van der Waals surface area contributed by atoms with Crippen molar-refractivity contribution in [1.29, 1.82) is 0 Å². The van der Waals surface area contributed by atoms with E-state index in [0.29, 0.717) is 17.7 Å². The number of carbonyl (C=O) groups excluding carboxylic acids is 1. The van der Waals surface area contributed by atoms with Gasteiger partial charge in [0.05, 0.1) is 5.69 Å². The molecule has 0 aliphatic rings. The number of aliphatic imine (C=N–C) groups is 1. The summed E-state index contributed by atoms with van der Waals surface area (Å²) in [6.07, 6.45) is 2.64. The quantitative estimate of drug-likeness (QED) is 0.205. The fraction of sp³-hybridized carbons (Fsp3) is 0.185. The van der Waals surface area contributed by atoms with Gasteiger partial charge in [-0.2, -0.15) is 10.1 Å². The van der Waals surface area contributed by atoms with Crippen LogP contribution in [-0.2, 0) is 11.3 Å². The monoisotopic (exact) mass is 515 g/mol. The van der Waals surface area contributed by atoms with E-state index in [9.17, 15) is 9.18 Å². The minimum atomic E-state index is -0.576. The molecular formula is C27H26FN7O3. The Labute approximate surface area is 218 Å². The summed E-state index contributed by atoms with van der Waals surface area (Å²) in [4.78, 5) is 24.8. The lowest BCUT2D eigenvalue weighted by Crippen LogP contribution is -2.32. The van der Waals surface area contributed by atoms with Crippen LogP contribution in [0.3, 0.4) is 0 Å². The van der Waals surface area contributed by atoms with E-state index in [1.54, 1.807) is 69.6 Å². The van der Waals surface area contributed by atoms with Gasteiger partial charge in [0.2, 0.25) is 5.82 Å². The zero-order valence-electron chi connectivity index (χ0n) is 21.1. The highest BCUT2D eigenvalue weighted by atomic mass is 19.1. The molecule has 4 aromatic rings. The molecule has 1 amide bonds. The molecule has 194 valence electrons. The van der Waals surface area contributed by atoms with Crippen molar-refractivity contribution in [3.8, 4) is 11.4 Å². The van der Waals surface area contributed by atoms with Gasteiger partial charge in [0, 0.05) is 30.1 Å². The summed E-state index contributed by atoms with van der Waals surface area (Å²) in [6.45, 7) is 5.69. The Morgan fingerprint density at radius 2 is 1.76 bits per heavy atom. The molecule has 10 nitrogen and oxygen atoms in total. The number of nitrogens with two attached hydrogens (primary N) is 1. The Kier molecular flexibility index (Phi) is 7.86. The number of para-hydroxylation sites is 1. The highest BCUT2D eigenvalue weighted by Gasteiger charge is 2.22. The van der Waals surface area contributed by atoms with Crippen molar-refractivity contribution >= 4 is 23.2 Å². The number of ether oxygens (including phenoxy) is 1. The van der Waals surface area contributed by atoms with Crippen LogP contribution in [0.25, 0.3) is 11.4 Å². The van der Waals surface area contributed by atoms with Gasteiger partial charge < -0.3 is 20.4 Å². The third-order valence-electron chi connectivity index (χ3n) is 5.07. The van der Waals surface area contributed by atoms with Crippen molar-refractivity contribution in [3.05, 3.63) is 95.9 Å². The molecule has 0 bridgehead atoms. The van der Waals surface area contributed by atoms with Crippen LogP contribution in [0.1, 0.15) is 37.8 Å². The molecule has 0 aliphatic heterocycles. The maximum absolute atomic E-state index is 14.4. The minimum absolute atomic E-state index is 0.00469. The molecule has 0 radical (unpaired) electrons. The predicted molar refractivity (Wildman–Crippen MR) is 140 cm³/mol. The van der Waals surface area contributed by atoms with E-state index in [1.807, 2.05) is 12.1 Å². The van der Waals surface area contributed by atoms with Crippen LogP contribution in [0, 0.1) is 5.82 Å². The van der Waals surface area contributed by atoms with E-state index in [0.717, 1.165) is 5.56 Å². The number of halogens is 1. The van der Waals surface area contributed by atoms with Crippen molar-refractivity contribution in [2.45, 2.75) is 32.9 Å². The third kappa shape index (κ3) is 6.64. The normalized spacial score (nSPS) is 12.3. The third-order valence-corrected chi connectivity index (χ3v) is 5.07. The first kappa shape index (κ1) is 26.1. The smallest absolute Gasteiger partial charge is 0.407 e.